The van der Waals surface area contributed by atoms with E-state index in [4.69, 9.17) is 10.5 Å². The minimum atomic E-state index is 0.180. The molecule has 2 unspecified atom stereocenters. The van der Waals surface area contributed by atoms with Gasteiger partial charge in [-0.15, -0.1) is 11.3 Å². The molecule has 17 heavy (non-hydrogen) atoms. The summed E-state index contributed by atoms with van der Waals surface area (Å²) in [4.78, 5) is 0. The zero-order valence-corrected chi connectivity index (χ0v) is 12.2. The summed E-state index contributed by atoms with van der Waals surface area (Å²) in [6, 6.07) is 2.34. The molecule has 0 amide bonds. The molecule has 1 aliphatic heterocycles. The van der Waals surface area contributed by atoms with Crippen LogP contribution in [-0.4, -0.2) is 12.2 Å². The SMILES string of the molecule is NC(c1csc(Br)c1)C1CCOC2(CCC2)C1. The average molecular weight is 316 g/mol. The fourth-order valence-electron chi connectivity index (χ4n) is 3.06. The summed E-state index contributed by atoms with van der Waals surface area (Å²) >= 11 is 5.23. The number of halogens is 1. The van der Waals surface area contributed by atoms with E-state index in [2.05, 4.69) is 27.4 Å². The molecule has 0 aromatic carbocycles. The van der Waals surface area contributed by atoms with Gasteiger partial charge in [-0.25, -0.2) is 0 Å². The van der Waals surface area contributed by atoms with Crippen molar-refractivity contribution in [3.8, 4) is 0 Å². The van der Waals surface area contributed by atoms with Crippen molar-refractivity contribution < 1.29 is 4.74 Å². The predicted molar refractivity (Wildman–Crippen MR) is 74.2 cm³/mol. The maximum absolute atomic E-state index is 6.41. The number of hydrogen-bond donors (Lipinski definition) is 1. The third-order valence-corrected chi connectivity index (χ3v) is 5.80. The van der Waals surface area contributed by atoms with Crippen LogP contribution in [0.1, 0.15) is 43.7 Å². The van der Waals surface area contributed by atoms with Crippen LogP contribution in [0.3, 0.4) is 0 Å². The van der Waals surface area contributed by atoms with Crippen LogP contribution in [0.15, 0.2) is 15.2 Å². The van der Waals surface area contributed by atoms with Crippen LogP contribution in [-0.2, 0) is 4.74 Å². The first-order valence-corrected chi connectivity index (χ1v) is 7.99. The van der Waals surface area contributed by atoms with Gasteiger partial charge in [0.1, 0.15) is 0 Å². The molecule has 2 fully saturated rings. The summed E-state index contributed by atoms with van der Waals surface area (Å²) in [5.41, 5.74) is 7.90. The second-order valence-electron chi connectivity index (χ2n) is 5.35. The topological polar surface area (TPSA) is 35.2 Å². The summed E-state index contributed by atoms with van der Waals surface area (Å²) in [6.07, 6.45) is 6.07. The van der Waals surface area contributed by atoms with E-state index in [-0.39, 0.29) is 11.6 Å². The Balaban J connectivity index is 1.71. The van der Waals surface area contributed by atoms with Crippen molar-refractivity contribution in [1.29, 1.82) is 0 Å². The fraction of sp³-hybridized carbons (Fsp3) is 0.692. The van der Waals surface area contributed by atoms with Crippen LogP contribution in [0.4, 0.5) is 0 Å². The Morgan fingerprint density at radius 1 is 1.53 bits per heavy atom. The zero-order valence-electron chi connectivity index (χ0n) is 9.82. The van der Waals surface area contributed by atoms with Gasteiger partial charge in [0.05, 0.1) is 9.39 Å². The van der Waals surface area contributed by atoms with Crippen molar-refractivity contribution in [3.63, 3.8) is 0 Å². The molecule has 0 radical (unpaired) electrons. The largest absolute Gasteiger partial charge is 0.375 e. The van der Waals surface area contributed by atoms with E-state index >= 15 is 0 Å². The van der Waals surface area contributed by atoms with E-state index in [1.54, 1.807) is 11.3 Å². The van der Waals surface area contributed by atoms with Crippen molar-refractivity contribution in [2.75, 3.05) is 6.61 Å². The van der Waals surface area contributed by atoms with Crippen LogP contribution in [0, 0.1) is 5.92 Å². The highest BCUT2D eigenvalue weighted by Gasteiger charge is 2.43. The van der Waals surface area contributed by atoms with E-state index in [1.807, 2.05) is 0 Å². The molecule has 2 atom stereocenters. The lowest BCUT2D eigenvalue weighted by Gasteiger charge is -2.48. The Kier molecular flexibility index (Phi) is 3.32. The molecule has 2 aliphatic rings. The van der Waals surface area contributed by atoms with E-state index in [1.165, 1.54) is 28.6 Å². The Bertz CT molecular complexity index is 402. The number of nitrogens with two attached hydrogens (primary N) is 1. The van der Waals surface area contributed by atoms with Crippen LogP contribution < -0.4 is 5.73 Å². The summed E-state index contributed by atoms with van der Waals surface area (Å²) in [7, 11) is 0. The monoisotopic (exact) mass is 315 g/mol. The molecule has 2 N–H and O–H groups in total. The maximum atomic E-state index is 6.41. The lowest BCUT2D eigenvalue weighted by molar-refractivity contribution is -0.146. The van der Waals surface area contributed by atoms with Gasteiger partial charge in [-0.05, 0) is 71.0 Å². The molecule has 1 saturated carbocycles. The van der Waals surface area contributed by atoms with Crippen molar-refractivity contribution in [3.05, 3.63) is 20.8 Å². The highest BCUT2D eigenvalue weighted by molar-refractivity contribution is 9.11. The van der Waals surface area contributed by atoms with E-state index < -0.39 is 0 Å². The van der Waals surface area contributed by atoms with Gasteiger partial charge >= 0.3 is 0 Å². The predicted octanol–water partition coefficient (Wildman–Crippen LogP) is 3.86. The normalized spacial score (nSPS) is 28.9. The third kappa shape index (κ3) is 2.33. The van der Waals surface area contributed by atoms with Crippen LogP contribution >= 0.6 is 27.3 Å². The van der Waals surface area contributed by atoms with Crippen LogP contribution in [0.5, 0.6) is 0 Å². The molecule has 94 valence electrons. The number of ether oxygens (including phenoxy) is 1. The Labute approximate surface area is 115 Å². The standard InChI is InChI=1S/C13H18BrNOS/c14-11-6-10(8-17-11)12(15)9-2-5-16-13(7-9)3-1-4-13/h6,8-9,12H,1-5,7,15H2. The molecule has 4 heteroatoms. The molecule has 2 heterocycles. The summed E-state index contributed by atoms with van der Waals surface area (Å²) in [5.74, 6) is 0.588. The van der Waals surface area contributed by atoms with Gasteiger partial charge in [0.2, 0.25) is 0 Å². The minimum absolute atomic E-state index is 0.180. The number of thiophene rings is 1. The van der Waals surface area contributed by atoms with Gasteiger partial charge in [-0.2, -0.15) is 0 Å². The van der Waals surface area contributed by atoms with Crippen molar-refractivity contribution in [2.45, 2.75) is 43.7 Å². The van der Waals surface area contributed by atoms with Gasteiger partial charge in [-0.1, -0.05) is 0 Å². The quantitative estimate of drug-likeness (QED) is 0.899. The Morgan fingerprint density at radius 3 is 2.94 bits per heavy atom. The van der Waals surface area contributed by atoms with E-state index in [0.717, 1.165) is 19.4 Å². The van der Waals surface area contributed by atoms with Gasteiger partial charge < -0.3 is 10.5 Å². The first-order chi connectivity index (χ1) is 8.19. The first-order valence-electron chi connectivity index (χ1n) is 6.32. The van der Waals surface area contributed by atoms with Crippen molar-refractivity contribution in [2.24, 2.45) is 11.7 Å². The highest BCUT2D eigenvalue weighted by Crippen LogP contribution is 2.47. The lowest BCUT2D eigenvalue weighted by Crippen LogP contribution is -2.47. The Morgan fingerprint density at radius 2 is 2.35 bits per heavy atom. The molecular weight excluding hydrogens is 298 g/mol. The second-order valence-corrected chi connectivity index (χ2v) is 7.64. The third-order valence-electron chi connectivity index (χ3n) is 4.28. The number of hydrogen-bond acceptors (Lipinski definition) is 3. The van der Waals surface area contributed by atoms with Crippen molar-refractivity contribution in [1.82, 2.24) is 0 Å². The summed E-state index contributed by atoms with van der Waals surface area (Å²) < 4.78 is 7.14. The molecule has 1 aromatic rings. The summed E-state index contributed by atoms with van der Waals surface area (Å²) in [5, 5.41) is 2.18. The van der Waals surface area contributed by atoms with Gasteiger partial charge in [0.15, 0.2) is 0 Å². The zero-order chi connectivity index (χ0) is 11.9. The highest BCUT2D eigenvalue weighted by atomic mass is 79.9. The van der Waals surface area contributed by atoms with Crippen molar-refractivity contribution >= 4 is 27.3 Å². The average Bonchev–Trinajstić information content (AvgIpc) is 2.73. The molecule has 1 aliphatic carbocycles. The van der Waals surface area contributed by atoms with Crippen LogP contribution in [0.2, 0.25) is 0 Å². The fourth-order valence-corrected chi connectivity index (χ4v) is 4.28. The smallest absolute Gasteiger partial charge is 0.0701 e. The van der Waals surface area contributed by atoms with E-state index in [9.17, 15) is 0 Å². The molecule has 3 rings (SSSR count). The summed E-state index contributed by atoms with van der Waals surface area (Å²) in [6.45, 7) is 0.893. The van der Waals surface area contributed by atoms with Gasteiger partial charge in [0, 0.05) is 12.6 Å². The molecule has 1 aromatic heterocycles. The number of rotatable bonds is 2. The minimum Gasteiger partial charge on any atom is -0.375 e. The maximum Gasteiger partial charge on any atom is 0.0701 e. The van der Waals surface area contributed by atoms with Gasteiger partial charge in [0.25, 0.3) is 0 Å². The molecule has 1 spiro atoms. The molecule has 0 bridgehead atoms. The lowest BCUT2D eigenvalue weighted by atomic mass is 9.70. The molecule has 2 nitrogen and oxygen atoms in total. The van der Waals surface area contributed by atoms with E-state index in [0.29, 0.717) is 5.92 Å². The first kappa shape index (κ1) is 12.2. The van der Waals surface area contributed by atoms with Crippen LogP contribution in [0.25, 0.3) is 0 Å². The Hall–Kier alpha value is 0.1000. The second kappa shape index (κ2) is 4.65. The van der Waals surface area contributed by atoms with Gasteiger partial charge in [-0.3, -0.25) is 0 Å². The molecule has 1 saturated heterocycles. The molecular formula is C13H18BrNOS.